The van der Waals surface area contributed by atoms with Gasteiger partial charge in [-0.25, -0.2) is 4.98 Å². The highest BCUT2D eigenvalue weighted by Gasteiger charge is 2.24. The summed E-state index contributed by atoms with van der Waals surface area (Å²) in [6.45, 7) is 2.31. The van der Waals surface area contributed by atoms with Gasteiger partial charge in [-0.3, -0.25) is 4.79 Å². The number of fused-ring (bicyclic) bond motifs is 1. The van der Waals surface area contributed by atoms with Gasteiger partial charge in [0.25, 0.3) is 0 Å². The number of pyridine rings is 2. The van der Waals surface area contributed by atoms with Crippen molar-refractivity contribution in [2.24, 2.45) is 0 Å². The standard InChI is InChI=1S/C21H20ClN3O3/c1-12(26)17-9-18(27)19(28)11-25(17)14-5-2-4-13(8-14)20-15-6-3-7-23-21(15)24-10-16(20)22/h2-6,9-13,26,28H,7-8H2,1H3,(H,23,24). The summed E-state index contributed by atoms with van der Waals surface area (Å²) in [6.07, 6.45) is 12.7. The summed E-state index contributed by atoms with van der Waals surface area (Å²) >= 11 is 6.51. The Hall–Kier alpha value is -2.83. The fourth-order valence-electron chi connectivity index (χ4n) is 3.68. The molecule has 0 spiro atoms. The van der Waals surface area contributed by atoms with E-state index in [0.717, 1.165) is 29.2 Å². The van der Waals surface area contributed by atoms with Crippen LogP contribution in [-0.2, 0) is 0 Å². The number of halogens is 1. The molecule has 2 unspecified atom stereocenters. The summed E-state index contributed by atoms with van der Waals surface area (Å²) in [6, 6.07) is 1.27. The molecule has 6 nitrogen and oxygen atoms in total. The van der Waals surface area contributed by atoms with Crippen molar-refractivity contribution in [3.63, 3.8) is 0 Å². The molecule has 2 aromatic heterocycles. The van der Waals surface area contributed by atoms with E-state index in [0.29, 0.717) is 17.1 Å². The fraction of sp³-hybridized carbons (Fsp3) is 0.238. The molecule has 0 saturated heterocycles. The molecule has 0 amide bonds. The lowest BCUT2D eigenvalue weighted by Gasteiger charge is -2.26. The predicted octanol–water partition coefficient (Wildman–Crippen LogP) is 3.68. The van der Waals surface area contributed by atoms with Crippen molar-refractivity contribution in [3.05, 3.63) is 74.8 Å². The minimum atomic E-state index is -0.858. The van der Waals surface area contributed by atoms with Gasteiger partial charge >= 0.3 is 0 Å². The molecule has 0 aromatic carbocycles. The van der Waals surface area contributed by atoms with Crippen molar-refractivity contribution in [3.8, 4) is 5.75 Å². The minimum Gasteiger partial charge on any atom is -0.503 e. The van der Waals surface area contributed by atoms with E-state index < -0.39 is 11.5 Å². The number of aromatic nitrogens is 2. The van der Waals surface area contributed by atoms with Gasteiger partial charge in [0.05, 0.1) is 23.0 Å². The smallest absolute Gasteiger partial charge is 0.223 e. The maximum Gasteiger partial charge on any atom is 0.223 e. The lowest BCUT2D eigenvalue weighted by molar-refractivity contribution is 0.191. The van der Waals surface area contributed by atoms with Crippen LogP contribution in [0.15, 0.2) is 47.6 Å². The first kappa shape index (κ1) is 18.5. The van der Waals surface area contributed by atoms with Crippen LogP contribution < -0.4 is 10.7 Å². The highest BCUT2D eigenvalue weighted by molar-refractivity contribution is 6.31. The van der Waals surface area contributed by atoms with Gasteiger partial charge in [0.2, 0.25) is 5.43 Å². The molecule has 2 atom stereocenters. The Morgan fingerprint density at radius 2 is 2.25 bits per heavy atom. The molecule has 1 aliphatic heterocycles. The molecule has 3 heterocycles. The summed E-state index contributed by atoms with van der Waals surface area (Å²) in [5.41, 5.74) is 2.69. The maximum absolute atomic E-state index is 11.8. The van der Waals surface area contributed by atoms with E-state index in [4.69, 9.17) is 11.6 Å². The number of aliphatic hydroxyl groups is 1. The van der Waals surface area contributed by atoms with E-state index in [2.05, 4.69) is 16.4 Å². The Balaban J connectivity index is 1.76. The van der Waals surface area contributed by atoms with Gasteiger partial charge in [-0.05, 0) is 25.0 Å². The summed E-state index contributed by atoms with van der Waals surface area (Å²) in [4.78, 5) is 16.2. The Labute approximate surface area is 167 Å². The summed E-state index contributed by atoms with van der Waals surface area (Å²) in [5.74, 6) is 0.428. The molecule has 1 aliphatic carbocycles. The molecule has 3 N–H and O–H groups in total. The second-order valence-electron chi connectivity index (χ2n) is 6.91. The normalized spacial score (nSPS) is 19.0. The summed E-state index contributed by atoms with van der Waals surface area (Å²) in [5, 5.41) is 23.9. The zero-order valence-electron chi connectivity index (χ0n) is 15.3. The number of allylic oxidation sites excluding steroid dienone is 4. The third kappa shape index (κ3) is 3.25. The van der Waals surface area contributed by atoms with E-state index in [-0.39, 0.29) is 11.7 Å². The molecular formula is C21H20ClN3O3. The molecule has 144 valence electrons. The number of anilines is 1. The number of hydrogen-bond acceptors (Lipinski definition) is 5. The Morgan fingerprint density at radius 1 is 1.43 bits per heavy atom. The third-order valence-electron chi connectivity index (χ3n) is 5.01. The quantitative estimate of drug-likeness (QED) is 0.735. The average Bonchev–Trinajstić information content (AvgIpc) is 2.69. The van der Waals surface area contributed by atoms with E-state index in [1.54, 1.807) is 17.7 Å². The van der Waals surface area contributed by atoms with Gasteiger partial charge in [-0.15, -0.1) is 0 Å². The van der Waals surface area contributed by atoms with Crippen LogP contribution in [-0.4, -0.2) is 26.3 Å². The zero-order chi connectivity index (χ0) is 19.8. The van der Waals surface area contributed by atoms with Gasteiger partial charge in [0, 0.05) is 36.0 Å². The van der Waals surface area contributed by atoms with Crippen molar-refractivity contribution in [1.29, 1.82) is 0 Å². The Bertz CT molecular complexity index is 1080. The number of rotatable bonds is 3. The molecule has 0 saturated carbocycles. The van der Waals surface area contributed by atoms with Crippen LogP contribution in [0, 0.1) is 0 Å². The molecule has 2 aromatic rings. The highest BCUT2D eigenvalue weighted by atomic mass is 35.5. The van der Waals surface area contributed by atoms with Gasteiger partial charge in [-0.2, -0.15) is 0 Å². The van der Waals surface area contributed by atoms with E-state index in [9.17, 15) is 15.0 Å². The van der Waals surface area contributed by atoms with Crippen molar-refractivity contribution in [2.75, 3.05) is 11.9 Å². The largest absolute Gasteiger partial charge is 0.503 e. The zero-order valence-corrected chi connectivity index (χ0v) is 16.0. The number of nitrogens with zero attached hydrogens (tertiary/aromatic N) is 2. The number of aliphatic hydroxyl groups excluding tert-OH is 1. The second-order valence-corrected chi connectivity index (χ2v) is 7.32. The van der Waals surface area contributed by atoms with Crippen LogP contribution in [0.5, 0.6) is 5.75 Å². The van der Waals surface area contributed by atoms with Gasteiger partial charge < -0.3 is 20.1 Å². The van der Waals surface area contributed by atoms with Gasteiger partial charge in [0.1, 0.15) is 5.82 Å². The van der Waals surface area contributed by atoms with Crippen LogP contribution in [0.3, 0.4) is 0 Å². The predicted molar refractivity (Wildman–Crippen MR) is 111 cm³/mol. The number of aromatic hydroxyl groups is 1. The molecule has 0 radical (unpaired) electrons. The molecule has 7 heteroatoms. The number of nitrogens with one attached hydrogen (secondary N) is 1. The Morgan fingerprint density at radius 3 is 3.04 bits per heavy atom. The van der Waals surface area contributed by atoms with Crippen LogP contribution in [0.1, 0.15) is 42.2 Å². The van der Waals surface area contributed by atoms with Gasteiger partial charge in [-0.1, -0.05) is 35.9 Å². The maximum atomic E-state index is 11.8. The van der Waals surface area contributed by atoms with Crippen molar-refractivity contribution in [1.82, 2.24) is 9.55 Å². The van der Waals surface area contributed by atoms with E-state index >= 15 is 0 Å². The van der Waals surface area contributed by atoms with E-state index in [1.807, 2.05) is 24.3 Å². The summed E-state index contributed by atoms with van der Waals surface area (Å²) < 4.78 is 1.67. The van der Waals surface area contributed by atoms with Crippen LogP contribution in [0.2, 0.25) is 5.02 Å². The molecular weight excluding hydrogens is 378 g/mol. The second kappa shape index (κ2) is 7.30. The van der Waals surface area contributed by atoms with Crippen molar-refractivity contribution in [2.45, 2.75) is 25.4 Å². The first-order valence-electron chi connectivity index (χ1n) is 9.06. The average molecular weight is 398 g/mol. The number of hydrogen-bond donors (Lipinski definition) is 3. The Kier molecular flexibility index (Phi) is 4.83. The minimum absolute atomic E-state index is 0.0165. The van der Waals surface area contributed by atoms with Crippen molar-refractivity contribution >= 4 is 29.2 Å². The monoisotopic (exact) mass is 397 g/mol. The lowest BCUT2D eigenvalue weighted by Crippen LogP contribution is -2.17. The van der Waals surface area contributed by atoms with Crippen LogP contribution in [0.25, 0.3) is 11.8 Å². The third-order valence-corrected chi connectivity index (χ3v) is 5.31. The molecule has 2 aliphatic rings. The first-order chi connectivity index (χ1) is 13.5. The van der Waals surface area contributed by atoms with E-state index in [1.165, 1.54) is 12.3 Å². The topological polar surface area (TPSA) is 87.4 Å². The van der Waals surface area contributed by atoms with Crippen molar-refractivity contribution < 1.29 is 10.2 Å². The summed E-state index contributed by atoms with van der Waals surface area (Å²) in [7, 11) is 0. The SMILES string of the molecule is CC(O)c1cc(=O)c(O)cn1C1=CC=CC(c2c(Cl)cnc3c2C=CCN3)C1. The van der Waals surface area contributed by atoms with Gasteiger partial charge in [0.15, 0.2) is 5.75 Å². The fourth-order valence-corrected chi connectivity index (χ4v) is 3.97. The highest BCUT2D eigenvalue weighted by Crippen LogP contribution is 2.40. The molecule has 0 bridgehead atoms. The first-order valence-corrected chi connectivity index (χ1v) is 9.43. The van der Waals surface area contributed by atoms with Crippen LogP contribution >= 0.6 is 11.6 Å². The van der Waals surface area contributed by atoms with Crippen LogP contribution in [0.4, 0.5) is 5.82 Å². The molecule has 28 heavy (non-hydrogen) atoms. The molecule has 4 rings (SSSR count). The molecule has 0 fully saturated rings. The lowest BCUT2D eigenvalue weighted by atomic mass is 9.87.